The van der Waals surface area contributed by atoms with Crippen LogP contribution in [0.15, 0.2) is 24.6 Å². The van der Waals surface area contributed by atoms with Crippen molar-refractivity contribution < 1.29 is 0 Å². The summed E-state index contributed by atoms with van der Waals surface area (Å²) in [6.07, 6.45) is 1.03. The normalized spacial score (nSPS) is 23.7. The van der Waals surface area contributed by atoms with Gasteiger partial charge in [0, 0.05) is 24.0 Å². The van der Waals surface area contributed by atoms with E-state index >= 15 is 0 Å². The monoisotopic (exact) mass is 166 g/mol. The van der Waals surface area contributed by atoms with Crippen molar-refractivity contribution in [3.63, 3.8) is 0 Å². The second kappa shape index (κ2) is 3.65. The molecule has 0 aromatic heterocycles. The van der Waals surface area contributed by atoms with E-state index in [0.717, 1.165) is 25.2 Å². The Hall–Kier alpha value is -0.920. The number of hydrogen-bond donors (Lipinski definition) is 1. The first-order valence-electron chi connectivity index (χ1n) is 4.50. The van der Waals surface area contributed by atoms with Gasteiger partial charge in [-0.25, -0.2) is 0 Å². The molecule has 0 saturated carbocycles. The van der Waals surface area contributed by atoms with Gasteiger partial charge in [-0.2, -0.15) is 0 Å². The molecule has 1 unspecified atom stereocenters. The number of allylic oxidation sites excluding steroid dienone is 1. The maximum absolute atomic E-state index is 4.02. The second-order valence-corrected chi connectivity index (χ2v) is 3.45. The highest BCUT2D eigenvalue weighted by Gasteiger charge is 2.17. The third kappa shape index (κ3) is 2.03. The number of nitrogens with one attached hydrogen (secondary N) is 1. The van der Waals surface area contributed by atoms with E-state index in [9.17, 15) is 0 Å². The first-order chi connectivity index (χ1) is 5.63. The fourth-order valence-corrected chi connectivity index (χ4v) is 1.53. The van der Waals surface area contributed by atoms with Crippen LogP contribution in [-0.2, 0) is 0 Å². The summed E-state index contributed by atoms with van der Waals surface area (Å²) in [5.74, 6) is 0. The van der Waals surface area contributed by atoms with E-state index in [-0.39, 0.29) is 0 Å². The van der Waals surface area contributed by atoms with Crippen molar-refractivity contribution in [3.05, 3.63) is 24.6 Å². The van der Waals surface area contributed by atoms with E-state index < -0.39 is 0 Å². The molecule has 0 radical (unpaired) electrons. The van der Waals surface area contributed by atoms with Crippen LogP contribution in [0.4, 0.5) is 0 Å². The summed E-state index contributed by atoms with van der Waals surface area (Å²) in [5.41, 5.74) is 2.31. The van der Waals surface area contributed by atoms with Crippen LogP contribution < -0.4 is 5.32 Å². The van der Waals surface area contributed by atoms with E-state index in [4.69, 9.17) is 0 Å². The lowest BCUT2D eigenvalue weighted by molar-refractivity contribution is 0.283. The number of nitrogens with zero attached hydrogens (tertiary/aromatic N) is 1. The van der Waals surface area contributed by atoms with Gasteiger partial charge in [0.2, 0.25) is 0 Å². The van der Waals surface area contributed by atoms with Crippen molar-refractivity contribution in [1.82, 2.24) is 10.2 Å². The molecule has 2 nitrogen and oxygen atoms in total. The fourth-order valence-electron chi connectivity index (χ4n) is 1.53. The summed E-state index contributed by atoms with van der Waals surface area (Å²) in [4.78, 5) is 2.30. The molecule has 1 saturated heterocycles. The third-order valence-corrected chi connectivity index (χ3v) is 2.18. The molecule has 1 rings (SSSR count). The summed E-state index contributed by atoms with van der Waals surface area (Å²) in [6, 6.07) is 0.495. The first-order valence-corrected chi connectivity index (χ1v) is 4.50. The lowest BCUT2D eigenvalue weighted by Crippen LogP contribution is -2.46. The van der Waals surface area contributed by atoms with Gasteiger partial charge < -0.3 is 10.2 Å². The van der Waals surface area contributed by atoms with Gasteiger partial charge in [-0.05, 0) is 13.3 Å². The molecule has 1 fully saturated rings. The summed E-state index contributed by atoms with van der Waals surface area (Å²) >= 11 is 0. The van der Waals surface area contributed by atoms with Gasteiger partial charge in [-0.15, -0.1) is 0 Å². The highest BCUT2D eigenvalue weighted by atomic mass is 15.2. The fraction of sp³-hybridized carbons (Fsp3) is 0.600. The Bertz CT molecular complexity index is 196. The molecule has 0 aliphatic carbocycles. The third-order valence-electron chi connectivity index (χ3n) is 2.18. The van der Waals surface area contributed by atoms with Crippen molar-refractivity contribution in [2.24, 2.45) is 0 Å². The molecule has 1 N–H and O–H groups in total. The predicted molar refractivity (Wildman–Crippen MR) is 52.7 cm³/mol. The average Bonchev–Trinajstić information content (AvgIpc) is 2.01. The highest BCUT2D eigenvalue weighted by Crippen LogP contribution is 2.12. The van der Waals surface area contributed by atoms with Crippen LogP contribution in [0.1, 0.15) is 20.3 Å². The lowest BCUT2D eigenvalue weighted by Gasteiger charge is -2.36. The lowest BCUT2D eigenvalue weighted by atomic mass is 10.2. The van der Waals surface area contributed by atoms with Gasteiger partial charge in [0.15, 0.2) is 0 Å². The SMILES string of the molecule is C=C1CN(C(=C)CC)CC(C)N1. The van der Waals surface area contributed by atoms with Crippen LogP contribution in [0.5, 0.6) is 0 Å². The van der Waals surface area contributed by atoms with Gasteiger partial charge in [0.1, 0.15) is 0 Å². The highest BCUT2D eigenvalue weighted by molar-refractivity contribution is 5.07. The van der Waals surface area contributed by atoms with Crippen molar-refractivity contribution in [2.45, 2.75) is 26.3 Å². The maximum atomic E-state index is 4.02. The minimum atomic E-state index is 0.495. The van der Waals surface area contributed by atoms with Crippen molar-refractivity contribution in [1.29, 1.82) is 0 Å². The number of piperazine rings is 1. The average molecular weight is 166 g/mol. The van der Waals surface area contributed by atoms with Crippen LogP contribution in [0.2, 0.25) is 0 Å². The van der Waals surface area contributed by atoms with Gasteiger partial charge in [-0.1, -0.05) is 20.1 Å². The standard InChI is InChI=1S/C10H18N2/c1-5-10(4)12-6-8(2)11-9(3)7-12/h9,11H,2,4-7H2,1,3H3. The summed E-state index contributed by atoms with van der Waals surface area (Å²) in [6.45, 7) is 14.2. The van der Waals surface area contributed by atoms with E-state index in [1.165, 1.54) is 5.70 Å². The zero-order valence-corrected chi connectivity index (χ0v) is 8.06. The number of hydrogen-bond acceptors (Lipinski definition) is 2. The molecule has 0 bridgehead atoms. The zero-order chi connectivity index (χ0) is 9.14. The summed E-state index contributed by atoms with van der Waals surface area (Å²) in [7, 11) is 0. The van der Waals surface area contributed by atoms with Gasteiger partial charge in [0.05, 0.1) is 6.54 Å². The molecule has 1 aliphatic heterocycles. The molecule has 68 valence electrons. The minimum absolute atomic E-state index is 0.495. The quantitative estimate of drug-likeness (QED) is 0.672. The Kier molecular flexibility index (Phi) is 2.79. The molecule has 1 heterocycles. The van der Waals surface area contributed by atoms with Crippen LogP contribution in [0.3, 0.4) is 0 Å². The van der Waals surface area contributed by atoms with Crippen LogP contribution in [-0.4, -0.2) is 24.0 Å². The molecule has 0 aromatic carbocycles. The number of rotatable bonds is 2. The molecule has 2 heteroatoms. The van der Waals surface area contributed by atoms with Gasteiger partial charge in [-0.3, -0.25) is 0 Å². The Morgan fingerprint density at radius 3 is 2.92 bits per heavy atom. The second-order valence-electron chi connectivity index (χ2n) is 3.45. The molecule has 0 spiro atoms. The Labute approximate surface area is 74.9 Å². The molecule has 12 heavy (non-hydrogen) atoms. The van der Waals surface area contributed by atoms with Crippen LogP contribution in [0.25, 0.3) is 0 Å². The van der Waals surface area contributed by atoms with Crippen LogP contribution >= 0.6 is 0 Å². The molecule has 1 atom stereocenters. The van der Waals surface area contributed by atoms with E-state index in [0.29, 0.717) is 6.04 Å². The van der Waals surface area contributed by atoms with E-state index in [1.807, 2.05) is 0 Å². The van der Waals surface area contributed by atoms with E-state index in [1.54, 1.807) is 0 Å². The topological polar surface area (TPSA) is 15.3 Å². The molecule has 1 aliphatic rings. The largest absolute Gasteiger partial charge is 0.383 e. The van der Waals surface area contributed by atoms with Crippen LogP contribution in [0, 0.1) is 0 Å². The molecule has 0 aromatic rings. The van der Waals surface area contributed by atoms with Crippen molar-refractivity contribution in [3.8, 4) is 0 Å². The van der Waals surface area contributed by atoms with Gasteiger partial charge in [0.25, 0.3) is 0 Å². The van der Waals surface area contributed by atoms with Crippen molar-refractivity contribution in [2.75, 3.05) is 13.1 Å². The maximum Gasteiger partial charge on any atom is 0.0568 e. The zero-order valence-electron chi connectivity index (χ0n) is 8.06. The van der Waals surface area contributed by atoms with E-state index in [2.05, 4.69) is 37.2 Å². The predicted octanol–water partition coefficient (Wildman–Crippen LogP) is 1.72. The summed E-state index contributed by atoms with van der Waals surface area (Å²) < 4.78 is 0. The van der Waals surface area contributed by atoms with Crippen molar-refractivity contribution >= 4 is 0 Å². The minimum Gasteiger partial charge on any atom is -0.383 e. The first kappa shape index (κ1) is 9.17. The smallest absolute Gasteiger partial charge is 0.0568 e. The Morgan fingerprint density at radius 2 is 2.42 bits per heavy atom. The van der Waals surface area contributed by atoms with Gasteiger partial charge >= 0.3 is 0 Å². The molecular formula is C10H18N2. The Morgan fingerprint density at radius 1 is 1.75 bits per heavy atom. The molecular weight excluding hydrogens is 148 g/mol. The summed E-state index contributed by atoms with van der Waals surface area (Å²) in [5, 5.41) is 3.31. The Balaban J connectivity index is 2.55. The molecule has 0 amide bonds.